The van der Waals surface area contributed by atoms with Crippen LogP contribution in [0.1, 0.15) is 72.6 Å². The second kappa shape index (κ2) is 7.14. The molecule has 3 fully saturated rings. The van der Waals surface area contributed by atoms with E-state index >= 15 is 0 Å². The van der Waals surface area contributed by atoms with Crippen LogP contribution < -0.4 is 0 Å². The molecule has 0 aromatic rings. The van der Waals surface area contributed by atoms with Gasteiger partial charge in [0.25, 0.3) is 0 Å². The van der Waals surface area contributed by atoms with Gasteiger partial charge in [-0.25, -0.2) is 0 Å². The van der Waals surface area contributed by atoms with Crippen molar-refractivity contribution in [1.82, 2.24) is 0 Å². The molecule has 0 amide bonds. The average Bonchev–Trinajstić information content (AvgIpc) is 2.98. The quantitative estimate of drug-likeness (QED) is 0.466. The van der Waals surface area contributed by atoms with Crippen molar-refractivity contribution in [2.45, 2.75) is 78.7 Å². The predicted molar refractivity (Wildman–Crippen MR) is 112 cm³/mol. The van der Waals surface area contributed by atoms with Gasteiger partial charge >= 0.3 is 11.9 Å². The highest BCUT2D eigenvalue weighted by molar-refractivity contribution is 5.68. The molecule has 0 heterocycles. The van der Waals surface area contributed by atoms with Crippen LogP contribution in [0.5, 0.6) is 0 Å². The second-order valence-electron chi connectivity index (χ2n) is 10.1. The van der Waals surface area contributed by atoms with Crippen LogP contribution in [-0.2, 0) is 19.1 Å². The van der Waals surface area contributed by atoms with Gasteiger partial charge in [0.15, 0.2) is 0 Å². The largest absolute Gasteiger partial charge is 0.463 e. The SMILES string of the molecule is C=C(OC(C)=O)C1=CC=C2[C@@H]3CCC4C[C@@H](OC(C)=O)CC[C@]4(C)[C@H]3CC[C@]12C. The molecule has 3 saturated carbocycles. The van der Waals surface area contributed by atoms with Crippen molar-refractivity contribution in [1.29, 1.82) is 0 Å². The summed E-state index contributed by atoms with van der Waals surface area (Å²) in [6.07, 6.45) is 12.3. The van der Waals surface area contributed by atoms with Crippen LogP contribution in [0.3, 0.4) is 0 Å². The maximum absolute atomic E-state index is 11.4. The standard InChI is InChI=1S/C25H34O4/c1-15(28-16(2)26)21-8-9-22-20-7-6-18-14-19(29-17(3)27)10-12-24(18,4)23(20)11-13-25(21,22)5/h8-9,18-20,23H,1,6-7,10-14H2,2-5H3/t18?,19-,20-,23-,24-,25+/m0/s1. The fourth-order valence-corrected chi connectivity index (χ4v) is 7.18. The van der Waals surface area contributed by atoms with Gasteiger partial charge in [-0.2, -0.15) is 0 Å². The lowest BCUT2D eigenvalue weighted by atomic mass is 9.46. The maximum Gasteiger partial charge on any atom is 0.308 e. The molecule has 4 aliphatic rings. The highest BCUT2D eigenvalue weighted by Gasteiger charge is 2.57. The van der Waals surface area contributed by atoms with E-state index in [1.54, 1.807) is 0 Å². The molecule has 4 heteroatoms. The van der Waals surface area contributed by atoms with Gasteiger partial charge in [0.1, 0.15) is 11.9 Å². The van der Waals surface area contributed by atoms with E-state index in [-0.39, 0.29) is 23.5 Å². The summed E-state index contributed by atoms with van der Waals surface area (Å²) in [4.78, 5) is 22.9. The fraction of sp³-hybridized carbons (Fsp3) is 0.680. The third-order valence-corrected chi connectivity index (χ3v) is 8.56. The van der Waals surface area contributed by atoms with Crippen molar-refractivity contribution in [2.24, 2.45) is 28.6 Å². The Labute approximate surface area is 174 Å². The highest BCUT2D eigenvalue weighted by atomic mass is 16.5. The fourth-order valence-electron chi connectivity index (χ4n) is 7.18. The van der Waals surface area contributed by atoms with Gasteiger partial charge in [0, 0.05) is 24.8 Å². The minimum Gasteiger partial charge on any atom is -0.463 e. The molecule has 0 aliphatic heterocycles. The minimum atomic E-state index is -0.306. The third-order valence-electron chi connectivity index (χ3n) is 8.56. The molecule has 4 aliphatic carbocycles. The first-order valence-corrected chi connectivity index (χ1v) is 11.1. The molecule has 0 aromatic heterocycles. The Kier molecular flexibility index (Phi) is 5.03. The van der Waals surface area contributed by atoms with Crippen LogP contribution in [0.4, 0.5) is 0 Å². The molecule has 4 nitrogen and oxygen atoms in total. The first-order chi connectivity index (χ1) is 13.6. The molecular weight excluding hydrogens is 364 g/mol. The Morgan fingerprint density at radius 2 is 1.79 bits per heavy atom. The maximum atomic E-state index is 11.4. The first kappa shape index (κ1) is 20.4. The molecule has 0 aromatic carbocycles. The van der Waals surface area contributed by atoms with Crippen LogP contribution in [0, 0.1) is 28.6 Å². The van der Waals surface area contributed by atoms with Gasteiger partial charge in [-0.1, -0.05) is 38.2 Å². The Morgan fingerprint density at radius 3 is 2.48 bits per heavy atom. The van der Waals surface area contributed by atoms with Crippen LogP contribution in [0.2, 0.25) is 0 Å². The van der Waals surface area contributed by atoms with E-state index in [2.05, 4.69) is 32.6 Å². The lowest BCUT2D eigenvalue weighted by molar-refractivity contribution is -0.155. The summed E-state index contributed by atoms with van der Waals surface area (Å²) in [6, 6.07) is 0. The summed E-state index contributed by atoms with van der Waals surface area (Å²) in [5, 5.41) is 0. The van der Waals surface area contributed by atoms with E-state index < -0.39 is 0 Å². The molecule has 6 atom stereocenters. The molecule has 29 heavy (non-hydrogen) atoms. The van der Waals surface area contributed by atoms with Gasteiger partial charge in [-0.05, 0) is 68.1 Å². The Hall–Kier alpha value is -1.84. The normalized spacial score (nSPS) is 40.6. The first-order valence-electron chi connectivity index (χ1n) is 11.1. The third kappa shape index (κ3) is 3.29. The zero-order valence-corrected chi connectivity index (χ0v) is 18.3. The zero-order valence-electron chi connectivity index (χ0n) is 18.3. The number of carbonyl (C=O) groups is 2. The number of fused-ring (bicyclic) bond motifs is 5. The average molecular weight is 399 g/mol. The smallest absolute Gasteiger partial charge is 0.308 e. The summed E-state index contributed by atoms with van der Waals surface area (Å²) in [5.74, 6) is 1.94. The Morgan fingerprint density at radius 1 is 1.03 bits per heavy atom. The van der Waals surface area contributed by atoms with E-state index in [1.807, 2.05) is 0 Å². The van der Waals surface area contributed by atoms with E-state index in [4.69, 9.17) is 9.47 Å². The van der Waals surface area contributed by atoms with E-state index in [0.29, 0.717) is 28.9 Å². The lowest BCUT2D eigenvalue weighted by Crippen LogP contribution is -2.52. The van der Waals surface area contributed by atoms with E-state index in [1.165, 1.54) is 38.7 Å². The zero-order chi connectivity index (χ0) is 21.0. The number of hydrogen-bond acceptors (Lipinski definition) is 4. The number of carbonyl (C=O) groups excluding carboxylic acids is 2. The molecule has 158 valence electrons. The van der Waals surface area contributed by atoms with Gasteiger partial charge in [0.05, 0.1) is 0 Å². The van der Waals surface area contributed by atoms with Crippen molar-refractivity contribution in [2.75, 3.05) is 0 Å². The van der Waals surface area contributed by atoms with Crippen molar-refractivity contribution in [3.63, 3.8) is 0 Å². The van der Waals surface area contributed by atoms with Crippen LogP contribution >= 0.6 is 0 Å². The van der Waals surface area contributed by atoms with Gasteiger partial charge in [-0.15, -0.1) is 0 Å². The summed E-state index contributed by atoms with van der Waals surface area (Å²) in [7, 11) is 0. The van der Waals surface area contributed by atoms with E-state index in [0.717, 1.165) is 31.3 Å². The number of ether oxygens (including phenoxy) is 2. The molecule has 1 unspecified atom stereocenters. The minimum absolute atomic E-state index is 0.0637. The van der Waals surface area contributed by atoms with Crippen molar-refractivity contribution >= 4 is 11.9 Å². The number of rotatable bonds is 3. The summed E-state index contributed by atoms with van der Waals surface area (Å²) >= 11 is 0. The van der Waals surface area contributed by atoms with Gasteiger partial charge in [0.2, 0.25) is 0 Å². The van der Waals surface area contributed by atoms with E-state index in [9.17, 15) is 9.59 Å². The van der Waals surface area contributed by atoms with Crippen molar-refractivity contribution in [3.05, 3.63) is 35.6 Å². The Bertz CT molecular complexity index is 806. The summed E-state index contributed by atoms with van der Waals surface area (Å²) in [6.45, 7) is 11.8. The molecule has 0 N–H and O–H groups in total. The number of allylic oxidation sites excluding steroid dienone is 4. The number of hydrogen-bond donors (Lipinski definition) is 0. The Balaban J connectivity index is 1.53. The van der Waals surface area contributed by atoms with Crippen molar-refractivity contribution < 1.29 is 19.1 Å². The molecule has 0 radical (unpaired) electrons. The molecule has 0 spiro atoms. The lowest BCUT2D eigenvalue weighted by Gasteiger charge is -2.59. The second-order valence-corrected chi connectivity index (χ2v) is 10.1. The molecule has 0 saturated heterocycles. The highest BCUT2D eigenvalue weighted by Crippen LogP contribution is 2.65. The van der Waals surface area contributed by atoms with Gasteiger partial charge in [-0.3, -0.25) is 9.59 Å². The molecule has 0 bridgehead atoms. The topological polar surface area (TPSA) is 52.6 Å². The van der Waals surface area contributed by atoms with Crippen LogP contribution in [0.25, 0.3) is 0 Å². The monoisotopic (exact) mass is 398 g/mol. The van der Waals surface area contributed by atoms with Crippen LogP contribution in [-0.4, -0.2) is 18.0 Å². The summed E-state index contributed by atoms with van der Waals surface area (Å²) in [5.41, 5.74) is 2.84. The van der Waals surface area contributed by atoms with Crippen molar-refractivity contribution in [3.8, 4) is 0 Å². The van der Waals surface area contributed by atoms with Gasteiger partial charge < -0.3 is 9.47 Å². The molecular formula is C25H34O4. The number of esters is 2. The summed E-state index contributed by atoms with van der Waals surface area (Å²) < 4.78 is 10.9. The molecule has 4 rings (SSSR count). The predicted octanol–water partition coefficient (Wildman–Crippen LogP) is 5.49. The van der Waals surface area contributed by atoms with Crippen LogP contribution in [0.15, 0.2) is 35.6 Å².